The third-order valence-corrected chi connectivity index (χ3v) is 1.32. The van der Waals surface area contributed by atoms with Gasteiger partial charge in [0.05, 0.1) is 11.4 Å². The zero-order valence-electron chi connectivity index (χ0n) is 5.72. The van der Waals surface area contributed by atoms with Crippen LogP contribution in [0, 0.1) is 5.41 Å². The molecule has 54 valence electrons. The van der Waals surface area contributed by atoms with Crippen LogP contribution >= 0.6 is 0 Å². The highest BCUT2D eigenvalue weighted by Gasteiger charge is 1.97. The molecular formula is C7H11N3. The maximum Gasteiger partial charge on any atom is 0.0592 e. The van der Waals surface area contributed by atoms with Gasteiger partial charge >= 0.3 is 0 Å². The van der Waals surface area contributed by atoms with Gasteiger partial charge in [0, 0.05) is 12.6 Å². The second kappa shape index (κ2) is 3.17. The summed E-state index contributed by atoms with van der Waals surface area (Å²) in [5.74, 6) is 0. The van der Waals surface area contributed by atoms with Crippen molar-refractivity contribution in [3.05, 3.63) is 24.0 Å². The number of aromatic amines is 1. The van der Waals surface area contributed by atoms with Crippen molar-refractivity contribution in [3.63, 3.8) is 0 Å². The van der Waals surface area contributed by atoms with Gasteiger partial charge in [0.25, 0.3) is 0 Å². The lowest BCUT2D eigenvalue weighted by atomic mass is 10.2. The zero-order chi connectivity index (χ0) is 7.40. The lowest BCUT2D eigenvalue weighted by Crippen LogP contribution is -2.08. The van der Waals surface area contributed by atoms with Gasteiger partial charge in [-0.1, -0.05) is 0 Å². The number of hydrogen-bond acceptors (Lipinski definition) is 2. The van der Waals surface area contributed by atoms with Crippen LogP contribution in [0.15, 0.2) is 18.3 Å². The minimum absolute atomic E-state index is 0.540. The molecule has 0 amide bonds. The van der Waals surface area contributed by atoms with E-state index in [1.807, 2.05) is 12.1 Å². The molecule has 0 spiro atoms. The number of aromatic nitrogens is 1. The van der Waals surface area contributed by atoms with E-state index >= 15 is 0 Å². The Labute approximate surface area is 59.8 Å². The van der Waals surface area contributed by atoms with Crippen LogP contribution in [0.3, 0.4) is 0 Å². The van der Waals surface area contributed by atoms with Gasteiger partial charge in [-0.15, -0.1) is 0 Å². The van der Waals surface area contributed by atoms with Crippen LogP contribution in [0.2, 0.25) is 0 Å². The van der Waals surface area contributed by atoms with Crippen LogP contribution in [0.1, 0.15) is 12.1 Å². The summed E-state index contributed by atoms with van der Waals surface area (Å²) in [6.45, 7) is 0.540. The van der Waals surface area contributed by atoms with E-state index in [1.54, 1.807) is 6.20 Å². The summed E-state index contributed by atoms with van der Waals surface area (Å²) in [7, 11) is 0. The Balaban J connectivity index is 2.59. The lowest BCUT2D eigenvalue weighted by molar-refractivity contribution is 1.03. The maximum atomic E-state index is 7.44. The van der Waals surface area contributed by atoms with E-state index in [-0.39, 0.29) is 0 Å². The largest absolute Gasteiger partial charge is 0.360 e. The van der Waals surface area contributed by atoms with E-state index in [9.17, 15) is 0 Å². The number of nitrogens with two attached hydrogens (primary N) is 1. The normalized spacial score (nSPS) is 9.70. The highest BCUT2D eigenvalue weighted by molar-refractivity contribution is 5.96. The summed E-state index contributed by atoms with van der Waals surface area (Å²) in [5.41, 5.74) is 6.72. The quantitative estimate of drug-likeness (QED) is 0.528. The molecule has 0 radical (unpaired) electrons. The van der Waals surface area contributed by atoms with Gasteiger partial charge in [-0.25, -0.2) is 0 Å². The summed E-state index contributed by atoms with van der Waals surface area (Å²) in [4.78, 5) is 2.94. The fourth-order valence-corrected chi connectivity index (χ4v) is 0.797. The van der Waals surface area contributed by atoms with Crippen molar-refractivity contribution in [1.82, 2.24) is 4.98 Å². The molecule has 1 aromatic heterocycles. The van der Waals surface area contributed by atoms with Gasteiger partial charge in [0.15, 0.2) is 0 Å². The van der Waals surface area contributed by atoms with Crippen molar-refractivity contribution in [2.75, 3.05) is 6.54 Å². The molecule has 0 saturated carbocycles. The summed E-state index contributed by atoms with van der Waals surface area (Å²) in [6.07, 6.45) is 2.45. The molecule has 10 heavy (non-hydrogen) atoms. The van der Waals surface area contributed by atoms with E-state index in [1.165, 1.54) is 0 Å². The highest BCUT2D eigenvalue weighted by Crippen LogP contribution is 1.97. The Morgan fingerprint density at radius 2 is 2.50 bits per heavy atom. The molecule has 0 aromatic carbocycles. The Morgan fingerprint density at radius 1 is 1.70 bits per heavy atom. The Kier molecular flexibility index (Phi) is 2.23. The molecule has 3 nitrogen and oxygen atoms in total. The van der Waals surface area contributed by atoms with Crippen molar-refractivity contribution < 1.29 is 0 Å². The third-order valence-electron chi connectivity index (χ3n) is 1.32. The van der Waals surface area contributed by atoms with Gasteiger partial charge in [-0.2, -0.15) is 0 Å². The summed E-state index contributed by atoms with van der Waals surface area (Å²) < 4.78 is 0. The minimum atomic E-state index is 0.540. The second-order valence-corrected chi connectivity index (χ2v) is 2.10. The number of H-pyrrole nitrogens is 1. The summed E-state index contributed by atoms with van der Waals surface area (Å²) >= 11 is 0. The predicted molar refractivity (Wildman–Crippen MR) is 41.3 cm³/mol. The molecule has 0 atom stereocenters. The molecule has 0 aliphatic carbocycles. The summed E-state index contributed by atoms with van der Waals surface area (Å²) in [5, 5.41) is 7.44. The van der Waals surface area contributed by atoms with Gasteiger partial charge in [-0.3, -0.25) is 0 Å². The highest BCUT2D eigenvalue weighted by atomic mass is 14.7. The average molecular weight is 137 g/mol. The van der Waals surface area contributed by atoms with Crippen molar-refractivity contribution in [3.8, 4) is 0 Å². The first-order valence-corrected chi connectivity index (χ1v) is 3.26. The zero-order valence-corrected chi connectivity index (χ0v) is 5.72. The first kappa shape index (κ1) is 7.02. The van der Waals surface area contributed by atoms with Crippen molar-refractivity contribution >= 4 is 5.71 Å². The minimum Gasteiger partial charge on any atom is -0.360 e. The molecule has 4 N–H and O–H groups in total. The molecule has 0 saturated heterocycles. The molecule has 3 heteroatoms. The van der Waals surface area contributed by atoms with Crippen LogP contribution in [-0.2, 0) is 0 Å². The van der Waals surface area contributed by atoms with Gasteiger partial charge < -0.3 is 16.1 Å². The smallest absolute Gasteiger partial charge is 0.0592 e. The molecule has 1 heterocycles. The van der Waals surface area contributed by atoms with Gasteiger partial charge in [0.2, 0.25) is 0 Å². The van der Waals surface area contributed by atoms with Crippen LogP contribution in [0.5, 0.6) is 0 Å². The van der Waals surface area contributed by atoms with Crippen LogP contribution in [0.25, 0.3) is 0 Å². The summed E-state index contributed by atoms with van der Waals surface area (Å²) in [6, 6.07) is 3.75. The van der Waals surface area contributed by atoms with E-state index in [4.69, 9.17) is 11.1 Å². The molecule has 0 aliphatic rings. The third kappa shape index (κ3) is 1.45. The van der Waals surface area contributed by atoms with E-state index in [0.717, 1.165) is 5.69 Å². The monoisotopic (exact) mass is 137 g/mol. The predicted octanol–water partition coefficient (Wildman–Crippen LogP) is 0.731. The SMILES string of the molecule is N=C(CCN)c1ccc[nH]1. The first-order valence-electron chi connectivity index (χ1n) is 3.26. The fraction of sp³-hybridized carbons (Fsp3) is 0.286. The van der Waals surface area contributed by atoms with Crippen LogP contribution in [-0.4, -0.2) is 17.2 Å². The molecule has 0 bridgehead atoms. The van der Waals surface area contributed by atoms with Gasteiger partial charge in [0.1, 0.15) is 0 Å². The van der Waals surface area contributed by atoms with E-state index in [2.05, 4.69) is 4.98 Å². The fourth-order valence-electron chi connectivity index (χ4n) is 0.797. The van der Waals surface area contributed by atoms with Crippen LogP contribution in [0.4, 0.5) is 0 Å². The Hall–Kier alpha value is -1.09. The first-order chi connectivity index (χ1) is 4.84. The molecule has 0 unspecified atom stereocenters. The number of rotatable bonds is 3. The number of hydrogen-bond donors (Lipinski definition) is 3. The maximum absolute atomic E-state index is 7.44. The van der Waals surface area contributed by atoms with E-state index in [0.29, 0.717) is 18.7 Å². The standard InChI is InChI=1S/C7H11N3/c8-4-3-6(9)7-2-1-5-10-7/h1-2,5,9-10H,3-4,8H2. The Morgan fingerprint density at radius 3 is 3.00 bits per heavy atom. The van der Waals surface area contributed by atoms with Gasteiger partial charge in [-0.05, 0) is 18.7 Å². The number of nitrogens with one attached hydrogen (secondary N) is 2. The van der Waals surface area contributed by atoms with Crippen molar-refractivity contribution in [1.29, 1.82) is 5.41 Å². The second-order valence-electron chi connectivity index (χ2n) is 2.10. The molecule has 1 rings (SSSR count). The van der Waals surface area contributed by atoms with E-state index < -0.39 is 0 Å². The lowest BCUT2D eigenvalue weighted by Gasteiger charge is -1.96. The average Bonchev–Trinajstić information content (AvgIpc) is 2.38. The molecule has 1 aromatic rings. The van der Waals surface area contributed by atoms with Crippen LogP contribution < -0.4 is 5.73 Å². The molecular weight excluding hydrogens is 126 g/mol. The van der Waals surface area contributed by atoms with Crippen molar-refractivity contribution in [2.45, 2.75) is 6.42 Å². The molecule has 0 fully saturated rings. The topological polar surface area (TPSA) is 65.7 Å². The Bertz CT molecular complexity index is 201. The molecule has 0 aliphatic heterocycles. The van der Waals surface area contributed by atoms with Crippen molar-refractivity contribution in [2.24, 2.45) is 5.73 Å².